The van der Waals surface area contributed by atoms with Gasteiger partial charge in [0.2, 0.25) is 5.91 Å². The van der Waals surface area contributed by atoms with Gasteiger partial charge in [-0.15, -0.1) is 0 Å². The normalized spacial score (nSPS) is 11.9. The van der Waals surface area contributed by atoms with Crippen LogP contribution >= 0.6 is 0 Å². The van der Waals surface area contributed by atoms with Crippen molar-refractivity contribution in [2.45, 2.75) is 46.1 Å². The SMILES string of the molecule is CC/C=C\CC(=O)NCCOCCOCCOCCOCCOCCOCCOCCOCCOCCOCCOCCOCCOCCOCCOCCOCCOCCOCCOCCOCCOCCOCCOCCNC(=O)OC(C)(C)C. The Hall–Kier alpha value is -2.44. The summed E-state index contributed by atoms with van der Waals surface area (Å²) in [5.41, 5.74) is -0.522. The van der Waals surface area contributed by atoms with Gasteiger partial charge < -0.3 is 124 Å². The molecule has 0 aromatic carbocycles. The fourth-order valence-electron chi connectivity index (χ4n) is 6.17. The van der Waals surface area contributed by atoms with Gasteiger partial charge in [0.25, 0.3) is 0 Å². The molecule has 0 atom stereocenters. The first-order valence-corrected chi connectivity index (χ1v) is 31.0. The van der Waals surface area contributed by atoms with Crippen molar-refractivity contribution in [3.8, 4) is 0 Å². The summed E-state index contributed by atoms with van der Waals surface area (Å²) >= 11 is 0. The minimum atomic E-state index is -0.522. The van der Waals surface area contributed by atoms with E-state index in [1.54, 1.807) is 0 Å². The zero-order valence-electron chi connectivity index (χ0n) is 53.6. The molecular formula is C59H116N2O26. The van der Waals surface area contributed by atoms with Crippen LogP contribution in [0.1, 0.15) is 40.5 Å². The van der Waals surface area contributed by atoms with Crippen LogP contribution in [0.2, 0.25) is 0 Å². The molecule has 0 aliphatic heterocycles. The van der Waals surface area contributed by atoms with Crippen LogP contribution in [0.25, 0.3) is 0 Å². The van der Waals surface area contributed by atoms with Crippen molar-refractivity contribution in [1.82, 2.24) is 10.6 Å². The number of nitrogens with one attached hydrogen (secondary N) is 2. The molecule has 518 valence electrons. The molecule has 87 heavy (non-hydrogen) atoms. The molecule has 0 bridgehead atoms. The van der Waals surface area contributed by atoms with Crippen LogP contribution < -0.4 is 10.6 Å². The summed E-state index contributed by atoms with van der Waals surface area (Å²) in [6.45, 7) is 30.2. The van der Waals surface area contributed by atoms with E-state index in [0.29, 0.717) is 323 Å². The molecule has 0 saturated heterocycles. The molecule has 0 radical (unpaired) electrons. The number of amides is 2. The van der Waals surface area contributed by atoms with Gasteiger partial charge in [-0.2, -0.15) is 0 Å². The summed E-state index contributed by atoms with van der Waals surface area (Å²) in [6.07, 6.45) is 4.71. The first-order chi connectivity index (χ1) is 42.8. The number of hydrogen-bond acceptors (Lipinski definition) is 26. The molecule has 0 aliphatic carbocycles. The van der Waals surface area contributed by atoms with E-state index in [-0.39, 0.29) is 5.91 Å². The van der Waals surface area contributed by atoms with Gasteiger partial charge >= 0.3 is 6.09 Å². The van der Waals surface area contributed by atoms with E-state index in [0.717, 1.165) is 6.42 Å². The Morgan fingerprint density at radius 1 is 0.253 bits per heavy atom. The fourth-order valence-corrected chi connectivity index (χ4v) is 6.17. The van der Waals surface area contributed by atoms with Gasteiger partial charge in [-0.05, 0) is 27.2 Å². The molecule has 28 nitrogen and oxygen atoms in total. The van der Waals surface area contributed by atoms with Crippen molar-refractivity contribution in [3.63, 3.8) is 0 Å². The van der Waals surface area contributed by atoms with Crippen LogP contribution in [0.5, 0.6) is 0 Å². The number of ether oxygens (including phenoxy) is 24. The lowest BCUT2D eigenvalue weighted by molar-refractivity contribution is -0.120. The average Bonchev–Trinajstić information content (AvgIpc) is 3.50. The quantitative estimate of drug-likeness (QED) is 0.0653. The Morgan fingerprint density at radius 3 is 0.575 bits per heavy atom. The first-order valence-electron chi connectivity index (χ1n) is 31.0. The largest absolute Gasteiger partial charge is 0.444 e. The molecule has 0 unspecified atom stereocenters. The second-order valence-corrected chi connectivity index (χ2v) is 18.9. The number of allylic oxidation sites excluding steroid dienone is 1. The molecule has 0 aromatic rings. The van der Waals surface area contributed by atoms with Crippen molar-refractivity contribution in [1.29, 1.82) is 0 Å². The zero-order chi connectivity index (χ0) is 62.8. The van der Waals surface area contributed by atoms with Crippen LogP contribution in [0.15, 0.2) is 12.2 Å². The second-order valence-electron chi connectivity index (χ2n) is 18.9. The maximum absolute atomic E-state index is 11.6. The van der Waals surface area contributed by atoms with Gasteiger partial charge in [0.15, 0.2) is 0 Å². The van der Waals surface area contributed by atoms with Crippen molar-refractivity contribution >= 4 is 12.0 Å². The maximum Gasteiger partial charge on any atom is 0.407 e. The summed E-state index contributed by atoms with van der Waals surface area (Å²) < 4.78 is 132. The van der Waals surface area contributed by atoms with E-state index >= 15 is 0 Å². The van der Waals surface area contributed by atoms with Gasteiger partial charge in [0.1, 0.15) is 5.60 Å². The van der Waals surface area contributed by atoms with E-state index < -0.39 is 11.7 Å². The summed E-state index contributed by atoms with van der Waals surface area (Å²) in [6, 6.07) is 0. The highest BCUT2D eigenvalue weighted by atomic mass is 16.6. The van der Waals surface area contributed by atoms with Gasteiger partial charge in [-0.25, -0.2) is 4.79 Å². The predicted molar refractivity (Wildman–Crippen MR) is 320 cm³/mol. The van der Waals surface area contributed by atoms with Crippen molar-refractivity contribution < 1.29 is 123 Å². The van der Waals surface area contributed by atoms with Crippen molar-refractivity contribution in [2.75, 3.05) is 317 Å². The summed E-state index contributed by atoms with van der Waals surface area (Å²) in [7, 11) is 0. The molecule has 0 aromatic heterocycles. The number of carbonyl (C=O) groups is 2. The van der Waals surface area contributed by atoms with E-state index in [4.69, 9.17) is 114 Å². The molecule has 0 spiro atoms. The molecule has 0 saturated carbocycles. The van der Waals surface area contributed by atoms with Crippen LogP contribution in [0.4, 0.5) is 4.79 Å². The lowest BCUT2D eigenvalue weighted by Gasteiger charge is -2.19. The van der Waals surface area contributed by atoms with Gasteiger partial charge in [0, 0.05) is 19.5 Å². The topological polar surface area (TPSA) is 280 Å². The van der Waals surface area contributed by atoms with Crippen molar-refractivity contribution in [2.24, 2.45) is 0 Å². The van der Waals surface area contributed by atoms with Crippen LogP contribution in [0.3, 0.4) is 0 Å². The Labute approximate surface area is 519 Å². The van der Waals surface area contributed by atoms with E-state index in [1.165, 1.54) is 0 Å². The lowest BCUT2D eigenvalue weighted by atomic mass is 10.2. The van der Waals surface area contributed by atoms with Gasteiger partial charge in [-0.3, -0.25) is 4.79 Å². The Bertz CT molecular complexity index is 1380. The molecule has 2 N–H and O–H groups in total. The monoisotopic (exact) mass is 1270 g/mol. The third kappa shape index (κ3) is 79.6. The second kappa shape index (κ2) is 74.3. The van der Waals surface area contributed by atoms with Gasteiger partial charge in [-0.1, -0.05) is 19.1 Å². The van der Waals surface area contributed by atoms with Crippen molar-refractivity contribution in [3.05, 3.63) is 12.2 Å². The third-order valence-corrected chi connectivity index (χ3v) is 10.4. The molecule has 0 aliphatic rings. The number of alkyl carbamates (subject to hydrolysis) is 1. The lowest BCUT2D eigenvalue weighted by Crippen LogP contribution is -2.34. The van der Waals surface area contributed by atoms with E-state index in [2.05, 4.69) is 10.6 Å². The summed E-state index contributed by atoms with van der Waals surface area (Å²) in [4.78, 5) is 23.1. The Morgan fingerprint density at radius 2 is 0.414 bits per heavy atom. The molecule has 0 fully saturated rings. The van der Waals surface area contributed by atoms with Crippen LogP contribution in [-0.4, -0.2) is 335 Å². The highest BCUT2D eigenvalue weighted by Crippen LogP contribution is 2.06. The molecule has 0 heterocycles. The van der Waals surface area contributed by atoms with Crippen LogP contribution in [0, 0.1) is 0 Å². The zero-order valence-corrected chi connectivity index (χ0v) is 53.6. The maximum atomic E-state index is 11.6. The molecule has 0 rings (SSSR count). The molecule has 2 amide bonds. The average molecular weight is 1270 g/mol. The predicted octanol–water partition coefficient (Wildman–Crippen LogP) is 2.37. The van der Waals surface area contributed by atoms with Gasteiger partial charge in [0.05, 0.1) is 304 Å². The Balaban J connectivity index is 3.11. The minimum Gasteiger partial charge on any atom is -0.444 e. The smallest absolute Gasteiger partial charge is 0.407 e. The summed E-state index contributed by atoms with van der Waals surface area (Å²) in [5.74, 6) is -0.00340. The molecular weight excluding hydrogens is 1150 g/mol. The van der Waals surface area contributed by atoms with Crippen LogP contribution in [-0.2, 0) is 118 Å². The minimum absolute atomic E-state index is 0.00340. The summed E-state index contributed by atoms with van der Waals surface area (Å²) in [5, 5.41) is 5.44. The first kappa shape index (κ1) is 84.6. The standard InChI is InChI=1S/C59H116N2O26/c1-5-6-7-8-57(62)60-9-11-64-13-15-66-17-19-68-21-23-70-25-27-72-29-31-74-33-35-76-37-39-78-41-43-80-45-47-82-49-51-84-53-55-86-56-54-85-52-50-83-48-46-81-44-42-79-40-38-77-36-34-75-32-30-73-28-26-71-24-22-69-20-18-67-16-14-65-12-10-61-58(63)87-59(2,3)4/h6-7H,5,8-56H2,1-4H3,(H,60,62)(H,61,63)/b7-6-. The fraction of sp³-hybridized carbons (Fsp3) is 0.932. The highest BCUT2D eigenvalue weighted by molar-refractivity contribution is 5.77. The number of carbonyl (C=O) groups excluding carboxylic acids is 2. The van der Waals surface area contributed by atoms with E-state index in [1.807, 2.05) is 39.8 Å². The number of rotatable bonds is 75. The molecule has 28 heteroatoms. The third-order valence-electron chi connectivity index (χ3n) is 10.4. The highest BCUT2D eigenvalue weighted by Gasteiger charge is 2.15. The van der Waals surface area contributed by atoms with E-state index in [9.17, 15) is 9.59 Å². The number of hydrogen-bond donors (Lipinski definition) is 2. The Kier molecular flexibility index (Phi) is 72.2.